The van der Waals surface area contributed by atoms with Crippen LogP contribution in [0.2, 0.25) is 5.02 Å². The number of nitrogen functional groups attached to an aromatic ring is 1. The molecule has 1 heterocycles. The minimum Gasteiger partial charge on any atom is -0.468 e. The number of aromatic amines is 1. The minimum atomic E-state index is -4.01. The van der Waals surface area contributed by atoms with Crippen LogP contribution in [0.15, 0.2) is 21.9 Å². The summed E-state index contributed by atoms with van der Waals surface area (Å²) in [5, 5.41) is 6.33. The number of benzene rings is 1. The molecule has 2 aromatic rings. The zero-order valence-electron chi connectivity index (χ0n) is 12.7. The quantitative estimate of drug-likeness (QED) is 0.496. The topological polar surface area (TPSA) is 140 Å². The second kappa shape index (κ2) is 7.28. The van der Waals surface area contributed by atoms with Crippen LogP contribution in [0.5, 0.6) is 0 Å². The van der Waals surface area contributed by atoms with Gasteiger partial charge in [0, 0.05) is 9.92 Å². The molecule has 12 heteroatoms. The van der Waals surface area contributed by atoms with E-state index in [0.29, 0.717) is 15.5 Å². The van der Waals surface area contributed by atoms with Crippen molar-refractivity contribution >= 4 is 51.3 Å². The van der Waals surface area contributed by atoms with Gasteiger partial charge in [0.2, 0.25) is 5.95 Å². The molecule has 0 aliphatic heterocycles. The summed E-state index contributed by atoms with van der Waals surface area (Å²) in [4.78, 5) is 15.2. The number of carbonyl (C=O) groups is 1. The number of sulfonamides is 1. The number of carbonyl (C=O) groups excluding carboxylic acids is 1. The van der Waals surface area contributed by atoms with Crippen LogP contribution in [0.1, 0.15) is 5.56 Å². The fourth-order valence-corrected chi connectivity index (χ4v) is 4.28. The third-order valence-corrected chi connectivity index (χ3v) is 5.75. The Balaban J connectivity index is 2.39. The van der Waals surface area contributed by atoms with E-state index in [9.17, 15) is 13.2 Å². The molecule has 9 nitrogen and oxygen atoms in total. The molecule has 0 amide bonds. The first-order chi connectivity index (χ1) is 11.2. The summed E-state index contributed by atoms with van der Waals surface area (Å²) >= 11 is 7.05. The third kappa shape index (κ3) is 4.30. The number of hydrogen-bond donors (Lipinski definition) is 3. The number of nitrogens with two attached hydrogens (primary N) is 1. The maximum atomic E-state index is 12.6. The number of nitrogens with zero attached hydrogens (tertiary/aromatic N) is 2. The maximum absolute atomic E-state index is 12.6. The fraction of sp³-hybridized carbons (Fsp3) is 0.250. The molecule has 2 rings (SSSR count). The van der Waals surface area contributed by atoms with E-state index >= 15 is 0 Å². The molecule has 0 aliphatic carbocycles. The molecular weight excluding hydrogens is 378 g/mol. The molecular formula is C12H14ClN5O4S2. The molecule has 0 radical (unpaired) electrons. The van der Waals surface area contributed by atoms with Crippen LogP contribution in [-0.2, 0) is 19.6 Å². The van der Waals surface area contributed by atoms with Crippen molar-refractivity contribution < 1.29 is 17.9 Å². The SMILES string of the molecule is COC(=O)CSc1cc(Cl)c(C)cc1S(=O)(=O)Nc1n[nH]c(N)n1. The Hall–Kier alpha value is -1.98. The lowest BCUT2D eigenvalue weighted by atomic mass is 10.2. The van der Waals surface area contributed by atoms with Crippen molar-refractivity contribution in [1.29, 1.82) is 0 Å². The third-order valence-electron chi connectivity index (χ3n) is 2.82. The predicted octanol–water partition coefficient (Wildman–Crippen LogP) is 1.41. The van der Waals surface area contributed by atoms with Gasteiger partial charge in [-0.25, -0.2) is 18.2 Å². The van der Waals surface area contributed by atoms with Crippen LogP contribution in [0.25, 0.3) is 0 Å². The van der Waals surface area contributed by atoms with E-state index in [1.807, 2.05) is 0 Å². The number of esters is 1. The van der Waals surface area contributed by atoms with Crippen molar-refractivity contribution in [3.05, 3.63) is 22.7 Å². The molecule has 1 aromatic heterocycles. The first-order valence-electron chi connectivity index (χ1n) is 6.43. The van der Waals surface area contributed by atoms with Gasteiger partial charge in [-0.1, -0.05) is 11.6 Å². The van der Waals surface area contributed by atoms with E-state index in [2.05, 4.69) is 24.6 Å². The van der Waals surface area contributed by atoms with E-state index in [1.54, 1.807) is 6.92 Å². The molecule has 0 bridgehead atoms. The van der Waals surface area contributed by atoms with Gasteiger partial charge in [0.15, 0.2) is 0 Å². The molecule has 0 unspecified atom stereocenters. The average molecular weight is 392 g/mol. The van der Waals surface area contributed by atoms with E-state index in [1.165, 1.54) is 19.2 Å². The van der Waals surface area contributed by atoms with Gasteiger partial charge in [0.25, 0.3) is 16.0 Å². The number of halogens is 1. The van der Waals surface area contributed by atoms with Crippen LogP contribution in [0, 0.1) is 6.92 Å². The second-order valence-electron chi connectivity index (χ2n) is 4.56. The number of aryl methyl sites for hydroxylation is 1. The average Bonchev–Trinajstić information content (AvgIpc) is 2.91. The predicted molar refractivity (Wildman–Crippen MR) is 90.5 cm³/mol. The number of aromatic nitrogens is 3. The van der Waals surface area contributed by atoms with Crippen molar-refractivity contribution in [2.24, 2.45) is 0 Å². The number of rotatable bonds is 6. The number of methoxy groups -OCH3 is 1. The van der Waals surface area contributed by atoms with Gasteiger partial charge in [0.1, 0.15) is 4.90 Å². The highest BCUT2D eigenvalue weighted by molar-refractivity contribution is 8.01. The van der Waals surface area contributed by atoms with Crippen LogP contribution < -0.4 is 10.5 Å². The lowest BCUT2D eigenvalue weighted by Gasteiger charge is -2.12. The van der Waals surface area contributed by atoms with Crippen LogP contribution >= 0.6 is 23.4 Å². The van der Waals surface area contributed by atoms with Gasteiger partial charge in [-0.2, -0.15) is 4.98 Å². The Kier molecular flexibility index (Phi) is 5.57. The Morgan fingerprint density at radius 1 is 1.50 bits per heavy atom. The van der Waals surface area contributed by atoms with E-state index in [-0.39, 0.29) is 22.5 Å². The zero-order chi connectivity index (χ0) is 17.9. The molecule has 0 fully saturated rings. The van der Waals surface area contributed by atoms with Crippen molar-refractivity contribution in [3.8, 4) is 0 Å². The number of nitrogens with one attached hydrogen (secondary N) is 2. The first kappa shape index (κ1) is 18.4. The first-order valence-corrected chi connectivity index (χ1v) is 9.28. The smallest absolute Gasteiger partial charge is 0.315 e. The zero-order valence-corrected chi connectivity index (χ0v) is 15.0. The number of H-pyrrole nitrogens is 1. The Morgan fingerprint density at radius 3 is 2.79 bits per heavy atom. The molecule has 0 saturated heterocycles. The second-order valence-corrected chi connectivity index (χ2v) is 7.64. The molecule has 0 saturated carbocycles. The highest BCUT2D eigenvalue weighted by Crippen LogP contribution is 2.32. The molecule has 0 spiro atoms. The maximum Gasteiger partial charge on any atom is 0.315 e. The monoisotopic (exact) mass is 391 g/mol. The highest BCUT2D eigenvalue weighted by Gasteiger charge is 2.23. The minimum absolute atomic E-state index is 0.0275. The highest BCUT2D eigenvalue weighted by atomic mass is 35.5. The Bertz CT molecular complexity index is 868. The van der Waals surface area contributed by atoms with Gasteiger partial charge in [-0.05, 0) is 24.6 Å². The van der Waals surface area contributed by atoms with Crippen molar-refractivity contribution in [3.63, 3.8) is 0 Å². The molecule has 0 aliphatic rings. The summed E-state index contributed by atoms with van der Waals surface area (Å²) in [5.41, 5.74) is 5.93. The summed E-state index contributed by atoms with van der Waals surface area (Å²) in [6.07, 6.45) is 0. The van der Waals surface area contributed by atoms with Gasteiger partial charge in [-0.3, -0.25) is 4.79 Å². The molecule has 0 atom stereocenters. The lowest BCUT2D eigenvalue weighted by molar-refractivity contribution is -0.137. The van der Waals surface area contributed by atoms with Crippen molar-refractivity contribution in [2.75, 3.05) is 23.3 Å². The van der Waals surface area contributed by atoms with Gasteiger partial charge in [0.05, 0.1) is 12.9 Å². The summed E-state index contributed by atoms with van der Waals surface area (Å²) in [5.74, 6) is -0.773. The molecule has 130 valence electrons. The number of ether oxygens (including phenoxy) is 1. The van der Waals surface area contributed by atoms with Crippen LogP contribution in [0.4, 0.5) is 11.9 Å². The normalized spacial score (nSPS) is 11.3. The lowest BCUT2D eigenvalue weighted by Crippen LogP contribution is -2.16. The molecule has 1 aromatic carbocycles. The van der Waals surface area contributed by atoms with E-state index in [0.717, 1.165) is 11.8 Å². The van der Waals surface area contributed by atoms with Gasteiger partial charge >= 0.3 is 5.97 Å². The number of thioether (sulfide) groups is 1. The Labute approximate surface area is 147 Å². The largest absolute Gasteiger partial charge is 0.468 e. The summed E-state index contributed by atoms with van der Waals surface area (Å²) in [6, 6.07) is 2.88. The molecule has 24 heavy (non-hydrogen) atoms. The number of anilines is 2. The van der Waals surface area contributed by atoms with Crippen LogP contribution in [-0.4, -0.2) is 42.4 Å². The number of hydrogen-bond acceptors (Lipinski definition) is 8. The van der Waals surface area contributed by atoms with Crippen molar-refractivity contribution in [2.45, 2.75) is 16.7 Å². The summed E-state index contributed by atoms with van der Waals surface area (Å²) in [7, 11) is -2.76. The molecule has 4 N–H and O–H groups in total. The van der Waals surface area contributed by atoms with Crippen LogP contribution in [0.3, 0.4) is 0 Å². The Morgan fingerprint density at radius 2 is 2.21 bits per heavy atom. The summed E-state index contributed by atoms with van der Waals surface area (Å²) < 4.78 is 31.9. The van der Waals surface area contributed by atoms with Gasteiger partial charge < -0.3 is 10.5 Å². The van der Waals surface area contributed by atoms with Gasteiger partial charge in [-0.15, -0.1) is 16.9 Å². The standard InChI is InChI=1S/C12H14ClN5O4S2/c1-6-3-9(8(4-7(6)13)23-5-10(19)22-2)24(20,21)18-12-15-11(14)16-17-12/h3-4H,5H2,1-2H3,(H4,14,15,16,17,18). The van der Waals surface area contributed by atoms with Crippen molar-refractivity contribution in [1.82, 2.24) is 15.2 Å². The van der Waals surface area contributed by atoms with E-state index < -0.39 is 16.0 Å². The summed E-state index contributed by atoms with van der Waals surface area (Å²) in [6.45, 7) is 1.67. The fourth-order valence-electron chi connectivity index (χ4n) is 1.65. The van der Waals surface area contributed by atoms with E-state index in [4.69, 9.17) is 17.3 Å².